The molecule has 20 heavy (non-hydrogen) atoms. The van der Waals surface area contributed by atoms with E-state index in [0.717, 1.165) is 0 Å². The normalized spacial score (nSPS) is 11.4. The van der Waals surface area contributed by atoms with Crippen molar-refractivity contribution in [1.29, 1.82) is 0 Å². The van der Waals surface area contributed by atoms with Crippen LogP contribution in [0.4, 0.5) is 13.2 Å². The number of carbonyl (C=O) groups excluding carboxylic acids is 1. The Kier molecular flexibility index (Phi) is 6.29. The first kappa shape index (κ1) is 16.8. The van der Waals surface area contributed by atoms with E-state index in [1.165, 1.54) is 7.11 Å². The van der Waals surface area contributed by atoms with Crippen molar-refractivity contribution >= 4 is 17.4 Å². The molecule has 0 aliphatic carbocycles. The van der Waals surface area contributed by atoms with Gasteiger partial charge in [-0.15, -0.1) is 0 Å². The average molecular weight is 311 g/mol. The van der Waals surface area contributed by atoms with Crippen molar-refractivity contribution in [1.82, 2.24) is 0 Å². The summed E-state index contributed by atoms with van der Waals surface area (Å²) >= 11 is 5.82. The molecule has 0 aliphatic rings. The highest BCUT2D eigenvalue weighted by atomic mass is 35.5. The van der Waals surface area contributed by atoms with Crippen molar-refractivity contribution in [2.45, 2.75) is 19.0 Å². The van der Waals surface area contributed by atoms with Crippen LogP contribution in [-0.4, -0.2) is 32.3 Å². The summed E-state index contributed by atoms with van der Waals surface area (Å²) in [5.74, 6) is 0.270. The fourth-order valence-electron chi connectivity index (χ4n) is 1.56. The lowest BCUT2D eigenvalue weighted by molar-refractivity contribution is -0.174. The van der Waals surface area contributed by atoms with Crippen LogP contribution >= 0.6 is 11.6 Å². The Morgan fingerprint density at radius 1 is 1.35 bits per heavy atom. The van der Waals surface area contributed by atoms with Crippen molar-refractivity contribution < 1.29 is 27.4 Å². The van der Waals surface area contributed by atoms with E-state index in [1.54, 1.807) is 18.2 Å². The first-order valence-electron chi connectivity index (χ1n) is 5.80. The van der Waals surface area contributed by atoms with E-state index < -0.39 is 12.8 Å². The summed E-state index contributed by atoms with van der Waals surface area (Å²) in [5.41, 5.74) is 0.598. The van der Waals surface area contributed by atoms with Gasteiger partial charge in [0.1, 0.15) is 18.1 Å². The van der Waals surface area contributed by atoms with Crippen LogP contribution < -0.4 is 4.74 Å². The standard InChI is InChI=1S/C13H14ClF3O3/c1-19-12-3-2-10(14)6-9(12)7-11(18)4-5-20-8-13(15,16)17/h2-3,6H,4-5,7-8H2,1H3. The van der Waals surface area contributed by atoms with Crippen molar-refractivity contribution in [2.24, 2.45) is 0 Å². The number of rotatable bonds is 7. The highest BCUT2D eigenvalue weighted by Crippen LogP contribution is 2.23. The van der Waals surface area contributed by atoms with Crippen LogP contribution in [0.25, 0.3) is 0 Å². The lowest BCUT2D eigenvalue weighted by Gasteiger charge is -2.09. The van der Waals surface area contributed by atoms with Gasteiger partial charge < -0.3 is 9.47 Å². The smallest absolute Gasteiger partial charge is 0.411 e. The number of alkyl halides is 3. The van der Waals surface area contributed by atoms with Gasteiger partial charge in [0.15, 0.2) is 0 Å². The van der Waals surface area contributed by atoms with Crippen molar-refractivity contribution in [3.63, 3.8) is 0 Å². The monoisotopic (exact) mass is 310 g/mol. The largest absolute Gasteiger partial charge is 0.496 e. The van der Waals surface area contributed by atoms with Gasteiger partial charge in [0.05, 0.1) is 13.7 Å². The summed E-state index contributed by atoms with van der Waals surface area (Å²) in [6, 6.07) is 4.85. The van der Waals surface area contributed by atoms with Crippen LogP contribution in [-0.2, 0) is 16.0 Å². The highest BCUT2D eigenvalue weighted by Gasteiger charge is 2.27. The molecule has 1 aromatic carbocycles. The SMILES string of the molecule is COc1ccc(Cl)cc1CC(=O)CCOCC(F)(F)F. The molecule has 112 valence electrons. The third kappa shape index (κ3) is 6.25. The predicted octanol–water partition coefficient (Wildman–Crippen LogP) is 3.43. The van der Waals surface area contributed by atoms with Gasteiger partial charge in [0.25, 0.3) is 0 Å². The molecule has 1 aromatic rings. The quantitative estimate of drug-likeness (QED) is 0.724. The van der Waals surface area contributed by atoms with E-state index in [9.17, 15) is 18.0 Å². The first-order chi connectivity index (χ1) is 9.31. The third-order valence-corrected chi connectivity index (χ3v) is 2.66. The number of hydrogen-bond donors (Lipinski definition) is 0. The molecular weight excluding hydrogens is 297 g/mol. The molecule has 0 fully saturated rings. The molecule has 0 amide bonds. The molecule has 0 aliphatic heterocycles. The Balaban J connectivity index is 2.44. The predicted molar refractivity (Wildman–Crippen MR) is 68.2 cm³/mol. The third-order valence-electron chi connectivity index (χ3n) is 2.42. The zero-order valence-corrected chi connectivity index (χ0v) is 11.6. The van der Waals surface area contributed by atoms with Crippen molar-refractivity contribution in [3.8, 4) is 5.75 Å². The van der Waals surface area contributed by atoms with Gasteiger partial charge in [-0.3, -0.25) is 4.79 Å². The summed E-state index contributed by atoms with van der Waals surface area (Å²) in [4.78, 5) is 11.7. The van der Waals surface area contributed by atoms with E-state index in [2.05, 4.69) is 4.74 Å². The Hall–Kier alpha value is -1.27. The van der Waals surface area contributed by atoms with Crippen LogP contribution in [0.3, 0.4) is 0 Å². The van der Waals surface area contributed by atoms with Crippen molar-refractivity contribution in [2.75, 3.05) is 20.3 Å². The van der Waals surface area contributed by atoms with E-state index >= 15 is 0 Å². The molecule has 0 saturated carbocycles. The topological polar surface area (TPSA) is 35.5 Å². The van der Waals surface area contributed by atoms with Crippen molar-refractivity contribution in [3.05, 3.63) is 28.8 Å². The van der Waals surface area contributed by atoms with E-state index in [4.69, 9.17) is 16.3 Å². The number of benzene rings is 1. The van der Waals surface area contributed by atoms with E-state index in [1.807, 2.05) is 0 Å². The molecule has 0 aromatic heterocycles. The molecule has 0 radical (unpaired) electrons. The number of Topliss-reactive ketones (excluding diaryl/α,β-unsaturated/α-hetero) is 1. The maximum Gasteiger partial charge on any atom is 0.411 e. The Labute approximate surface area is 119 Å². The van der Waals surface area contributed by atoms with Gasteiger partial charge in [0, 0.05) is 23.4 Å². The van der Waals surface area contributed by atoms with Crippen LogP contribution in [0, 0.1) is 0 Å². The van der Waals surface area contributed by atoms with Crippen LogP contribution in [0.15, 0.2) is 18.2 Å². The number of halogens is 4. The van der Waals surface area contributed by atoms with Gasteiger partial charge in [-0.1, -0.05) is 11.6 Å². The average Bonchev–Trinajstić information content (AvgIpc) is 2.34. The fourth-order valence-corrected chi connectivity index (χ4v) is 1.75. The minimum atomic E-state index is -4.38. The maximum atomic E-state index is 11.8. The van der Waals surface area contributed by atoms with Crippen LogP contribution in [0.5, 0.6) is 5.75 Å². The number of carbonyl (C=O) groups is 1. The molecule has 3 nitrogen and oxygen atoms in total. The Morgan fingerprint density at radius 2 is 2.05 bits per heavy atom. The van der Waals surface area contributed by atoms with Gasteiger partial charge >= 0.3 is 6.18 Å². The van der Waals surface area contributed by atoms with Gasteiger partial charge in [0.2, 0.25) is 0 Å². The second kappa shape index (κ2) is 7.50. The second-order valence-corrected chi connectivity index (χ2v) is 4.53. The molecule has 0 spiro atoms. The lowest BCUT2D eigenvalue weighted by atomic mass is 10.1. The molecule has 0 atom stereocenters. The molecule has 1 rings (SSSR count). The summed E-state index contributed by atoms with van der Waals surface area (Å²) in [5, 5.41) is 0.460. The number of hydrogen-bond acceptors (Lipinski definition) is 3. The zero-order chi connectivity index (χ0) is 15.2. The first-order valence-corrected chi connectivity index (χ1v) is 6.18. The van der Waals surface area contributed by atoms with Gasteiger partial charge in [-0.25, -0.2) is 0 Å². The fraction of sp³-hybridized carbons (Fsp3) is 0.462. The Bertz CT molecular complexity index is 461. The summed E-state index contributed by atoms with van der Waals surface area (Å²) in [6.07, 6.45) is -4.43. The summed E-state index contributed by atoms with van der Waals surface area (Å²) in [7, 11) is 1.46. The summed E-state index contributed by atoms with van der Waals surface area (Å²) < 4.78 is 45.0. The molecule has 0 saturated heterocycles. The Morgan fingerprint density at radius 3 is 2.65 bits per heavy atom. The summed E-state index contributed by atoms with van der Waals surface area (Å²) in [6.45, 7) is -1.61. The van der Waals surface area contributed by atoms with Crippen LogP contribution in [0.1, 0.15) is 12.0 Å². The molecule has 0 unspecified atom stereocenters. The maximum absolute atomic E-state index is 11.8. The lowest BCUT2D eigenvalue weighted by Crippen LogP contribution is -2.18. The highest BCUT2D eigenvalue weighted by molar-refractivity contribution is 6.30. The molecule has 0 heterocycles. The van der Waals surface area contributed by atoms with E-state index in [0.29, 0.717) is 16.3 Å². The van der Waals surface area contributed by atoms with Crippen LogP contribution in [0.2, 0.25) is 5.02 Å². The molecular formula is C13H14ClF3O3. The zero-order valence-electron chi connectivity index (χ0n) is 10.8. The second-order valence-electron chi connectivity index (χ2n) is 4.09. The van der Waals surface area contributed by atoms with Gasteiger partial charge in [-0.05, 0) is 18.2 Å². The minimum absolute atomic E-state index is 0.0408. The molecule has 0 N–H and O–H groups in total. The molecule has 7 heteroatoms. The number of ether oxygens (including phenoxy) is 2. The number of ketones is 1. The van der Waals surface area contributed by atoms with Gasteiger partial charge in [-0.2, -0.15) is 13.2 Å². The minimum Gasteiger partial charge on any atom is -0.496 e. The van der Waals surface area contributed by atoms with E-state index in [-0.39, 0.29) is 25.2 Å². The molecule has 0 bridgehead atoms. The number of methoxy groups -OCH3 is 1.